The van der Waals surface area contributed by atoms with Gasteiger partial charge in [-0.15, -0.1) is 0 Å². The van der Waals surface area contributed by atoms with Crippen molar-refractivity contribution >= 4 is 52.6 Å². The van der Waals surface area contributed by atoms with E-state index in [1.54, 1.807) is 36.1 Å². The molecule has 0 fully saturated rings. The molecule has 0 unspecified atom stereocenters. The molecule has 43 heavy (non-hydrogen) atoms. The van der Waals surface area contributed by atoms with Crippen LogP contribution in [-0.2, 0) is 5.41 Å². The van der Waals surface area contributed by atoms with Crippen molar-refractivity contribution < 1.29 is 19.1 Å². The first kappa shape index (κ1) is 31.5. The Bertz CT molecular complexity index is 1600. The largest absolute Gasteiger partial charge is 0.497 e. The van der Waals surface area contributed by atoms with Crippen LogP contribution >= 0.6 is 23.2 Å². The van der Waals surface area contributed by atoms with E-state index in [1.165, 1.54) is 6.20 Å². The Morgan fingerprint density at radius 1 is 0.907 bits per heavy atom. The zero-order chi connectivity index (χ0) is 31.1. The fraction of sp³-hybridized carbons (Fsp3) is 0.267. The van der Waals surface area contributed by atoms with Gasteiger partial charge < -0.3 is 20.1 Å². The number of nitrogens with one attached hydrogen (secondary N) is 4. The number of hydrogen-bond donors (Lipinski definition) is 4. The van der Waals surface area contributed by atoms with Gasteiger partial charge in [-0.2, -0.15) is 5.10 Å². The van der Waals surface area contributed by atoms with Gasteiger partial charge in [0.1, 0.15) is 33.9 Å². The molecule has 0 aliphatic rings. The van der Waals surface area contributed by atoms with Gasteiger partial charge in [0, 0.05) is 30.3 Å². The molecule has 0 spiro atoms. The molecule has 4 rings (SSSR count). The van der Waals surface area contributed by atoms with Crippen molar-refractivity contribution in [2.75, 3.05) is 29.6 Å². The van der Waals surface area contributed by atoms with E-state index in [4.69, 9.17) is 37.8 Å². The van der Waals surface area contributed by atoms with E-state index < -0.39 is 6.03 Å². The number of methoxy groups -OCH3 is 1. The lowest BCUT2D eigenvalue weighted by atomic mass is 9.92. The molecule has 0 atom stereocenters. The number of hydrogen-bond acceptors (Lipinski definition) is 6. The van der Waals surface area contributed by atoms with Crippen LogP contribution in [0.4, 0.5) is 26.9 Å². The van der Waals surface area contributed by atoms with Crippen molar-refractivity contribution in [1.29, 1.82) is 0 Å². The number of aromatic nitrogens is 3. The molecular weight excluding hydrogens is 593 g/mol. The molecule has 0 aliphatic heterocycles. The van der Waals surface area contributed by atoms with Crippen LogP contribution in [0.2, 0.25) is 10.0 Å². The van der Waals surface area contributed by atoms with Crippen molar-refractivity contribution in [2.24, 2.45) is 0 Å². The molecule has 4 amide bonds. The van der Waals surface area contributed by atoms with E-state index in [1.807, 2.05) is 58.0 Å². The Morgan fingerprint density at radius 2 is 1.65 bits per heavy atom. The normalized spacial score (nSPS) is 11.0. The van der Waals surface area contributed by atoms with E-state index in [2.05, 4.69) is 26.3 Å². The number of anilines is 3. The minimum Gasteiger partial charge on any atom is -0.497 e. The Morgan fingerprint density at radius 3 is 2.33 bits per heavy atom. The van der Waals surface area contributed by atoms with E-state index in [0.29, 0.717) is 29.7 Å². The molecule has 4 N–H and O–H groups in total. The topological polar surface area (TPSA) is 131 Å². The maximum Gasteiger partial charge on any atom is 0.324 e. The van der Waals surface area contributed by atoms with Gasteiger partial charge in [0.25, 0.3) is 0 Å². The summed E-state index contributed by atoms with van der Waals surface area (Å²) in [5.74, 6) is 2.08. The third-order valence-electron chi connectivity index (χ3n) is 6.07. The highest BCUT2D eigenvalue weighted by atomic mass is 35.5. The zero-order valence-electron chi connectivity index (χ0n) is 24.4. The highest BCUT2D eigenvalue weighted by Gasteiger charge is 2.22. The molecule has 2 aromatic carbocycles. The summed E-state index contributed by atoms with van der Waals surface area (Å²) in [6, 6.07) is 14.5. The van der Waals surface area contributed by atoms with Gasteiger partial charge in [-0.1, -0.05) is 50.9 Å². The zero-order valence-corrected chi connectivity index (χ0v) is 25.9. The number of carbonyl (C=O) groups excluding carboxylic acids is 2. The third kappa shape index (κ3) is 8.08. The predicted molar refractivity (Wildman–Crippen MR) is 170 cm³/mol. The molecule has 0 saturated carbocycles. The van der Waals surface area contributed by atoms with Crippen LogP contribution in [0.3, 0.4) is 0 Å². The van der Waals surface area contributed by atoms with E-state index in [9.17, 15) is 9.59 Å². The number of halogens is 2. The number of amides is 4. The van der Waals surface area contributed by atoms with Crippen LogP contribution in [0.25, 0.3) is 5.69 Å². The summed E-state index contributed by atoms with van der Waals surface area (Å²) in [6.07, 6.45) is 2.30. The quantitative estimate of drug-likeness (QED) is 0.150. The molecule has 2 aromatic heterocycles. The highest BCUT2D eigenvalue weighted by molar-refractivity contribution is 6.45. The highest BCUT2D eigenvalue weighted by Crippen LogP contribution is 2.40. The van der Waals surface area contributed by atoms with Crippen molar-refractivity contribution in [1.82, 2.24) is 20.1 Å². The fourth-order valence-corrected chi connectivity index (χ4v) is 4.21. The van der Waals surface area contributed by atoms with Gasteiger partial charge in [-0.05, 0) is 48.9 Å². The second kappa shape index (κ2) is 13.7. The number of urea groups is 2. The number of carbonyl (C=O) groups is 2. The summed E-state index contributed by atoms with van der Waals surface area (Å²) >= 11 is 13.0. The summed E-state index contributed by atoms with van der Waals surface area (Å²) in [5, 5.41) is 15.8. The number of nitrogens with zero attached hydrogens (tertiary/aromatic N) is 3. The molecule has 0 aliphatic carbocycles. The van der Waals surface area contributed by atoms with Crippen LogP contribution in [0.5, 0.6) is 17.2 Å². The van der Waals surface area contributed by atoms with Crippen LogP contribution in [-0.4, -0.2) is 40.5 Å². The van der Waals surface area contributed by atoms with E-state index in [0.717, 1.165) is 17.8 Å². The molecule has 11 nitrogen and oxygen atoms in total. The SMILES string of the molecule is CCCNC(=O)Nc1cc(Oc2ccc(NC(=O)Nc3cc(C(C)(C)C)nn3-c3ccc(OC)cc3)c(Cl)c2Cl)ccn1. The Labute approximate surface area is 259 Å². The van der Waals surface area contributed by atoms with Gasteiger partial charge in [-0.3, -0.25) is 10.6 Å². The molecular formula is C30H33Cl2N7O4. The maximum atomic E-state index is 13.1. The standard InChI is InChI=1S/C30H33Cl2N7O4/c1-6-14-34-28(40)36-24-16-20(13-15-33-24)43-22-12-11-21(26(31)27(22)32)35-29(41)37-25-17-23(30(2,3)4)38-39(25)18-7-9-19(42-5)10-8-18/h7-13,15-17H,6,14H2,1-5H3,(H2,35,37,41)(H2,33,34,36,40). The van der Waals surface area contributed by atoms with Gasteiger partial charge in [-0.25, -0.2) is 19.3 Å². The monoisotopic (exact) mass is 625 g/mol. The first-order chi connectivity index (χ1) is 20.5. The Kier molecular flexibility index (Phi) is 9.99. The maximum absolute atomic E-state index is 13.1. The second-order valence-corrected chi connectivity index (χ2v) is 11.2. The molecule has 13 heteroatoms. The Balaban J connectivity index is 1.49. The van der Waals surface area contributed by atoms with Crippen molar-refractivity contribution in [2.45, 2.75) is 39.5 Å². The third-order valence-corrected chi connectivity index (χ3v) is 6.93. The van der Waals surface area contributed by atoms with Gasteiger partial charge in [0.2, 0.25) is 0 Å². The van der Waals surface area contributed by atoms with Crippen molar-refractivity contribution in [3.05, 3.63) is 76.5 Å². The molecule has 2 heterocycles. The summed E-state index contributed by atoms with van der Waals surface area (Å²) in [5.41, 5.74) is 1.54. The van der Waals surface area contributed by atoms with Crippen LogP contribution < -0.4 is 30.7 Å². The van der Waals surface area contributed by atoms with Crippen LogP contribution in [0.15, 0.2) is 60.8 Å². The summed E-state index contributed by atoms with van der Waals surface area (Å²) in [4.78, 5) is 29.2. The first-order valence-corrected chi connectivity index (χ1v) is 14.2. The number of benzene rings is 2. The average Bonchev–Trinajstić information content (AvgIpc) is 3.40. The lowest BCUT2D eigenvalue weighted by molar-refractivity contribution is 0.252. The molecule has 0 saturated heterocycles. The molecule has 4 aromatic rings. The first-order valence-electron chi connectivity index (χ1n) is 13.5. The predicted octanol–water partition coefficient (Wildman–Crippen LogP) is 7.85. The van der Waals surface area contributed by atoms with Crippen LogP contribution in [0.1, 0.15) is 39.8 Å². The van der Waals surface area contributed by atoms with Crippen molar-refractivity contribution in [3.8, 4) is 22.9 Å². The molecule has 0 radical (unpaired) electrons. The van der Waals surface area contributed by atoms with Gasteiger partial charge in [0.05, 0.1) is 29.2 Å². The molecule has 226 valence electrons. The lowest BCUT2D eigenvalue weighted by Gasteiger charge is -2.14. The van der Waals surface area contributed by atoms with Gasteiger partial charge in [0.15, 0.2) is 0 Å². The second-order valence-electron chi connectivity index (χ2n) is 10.5. The summed E-state index contributed by atoms with van der Waals surface area (Å²) in [6.45, 7) is 8.61. The van der Waals surface area contributed by atoms with E-state index >= 15 is 0 Å². The number of pyridine rings is 1. The number of rotatable bonds is 9. The minimum absolute atomic E-state index is 0.0831. The lowest BCUT2D eigenvalue weighted by Crippen LogP contribution is -2.29. The fourth-order valence-electron chi connectivity index (χ4n) is 3.80. The van der Waals surface area contributed by atoms with Gasteiger partial charge >= 0.3 is 12.1 Å². The summed E-state index contributed by atoms with van der Waals surface area (Å²) < 4.78 is 12.8. The summed E-state index contributed by atoms with van der Waals surface area (Å²) in [7, 11) is 1.60. The van der Waals surface area contributed by atoms with Crippen LogP contribution in [0, 0.1) is 0 Å². The number of ether oxygens (including phenoxy) is 2. The molecule has 0 bridgehead atoms. The van der Waals surface area contributed by atoms with Crippen molar-refractivity contribution in [3.63, 3.8) is 0 Å². The smallest absolute Gasteiger partial charge is 0.324 e. The minimum atomic E-state index is -0.548. The van der Waals surface area contributed by atoms with E-state index in [-0.39, 0.29) is 32.9 Å². The average molecular weight is 627 g/mol. The Hall–Kier alpha value is -4.48.